The number of hydrogen-bond donors (Lipinski definition) is 3. The van der Waals surface area contributed by atoms with Gasteiger partial charge in [0.15, 0.2) is 0 Å². The average molecular weight is 356 g/mol. The van der Waals surface area contributed by atoms with Crippen LogP contribution in [0.25, 0.3) is 0 Å². The Kier molecular flexibility index (Phi) is 7.47. The van der Waals surface area contributed by atoms with Crippen LogP contribution in [0.2, 0.25) is 0 Å². The van der Waals surface area contributed by atoms with Gasteiger partial charge in [-0.15, -0.1) is 0 Å². The van der Waals surface area contributed by atoms with E-state index in [2.05, 4.69) is 10.6 Å². The molecule has 0 aliphatic rings. The Morgan fingerprint density at radius 2 is 1.80 bits per heavy atom. The highest BCUT2D eigenvalue weighted by Crippen LogP contribution is 2.19. The van der Waals surface area contributed by atoms with Crippen LogP contribution >= 0.6 is 0 Å². The van der Waals surface area contributed by atoms with Gasteiger partial charge in [0.2, 0.25) is 5.91 Å². The number of hydrogen-bond acceptors (Lipinski definition) is 3. The Morgan fingerprint density at radius 3 is 2.40 bits per heavy atom. The maximum Gasteiger partial charge on any atom is 0.309 e. The number of carboxylic acids is 1. The van der Waals surface area contributed by atoms with Crippen LogP contribution < -0.4 is 10.6 Å². The molecule has 0 fully saturated rings. The molecule has 0 saturated carbocycles. The van der Waals surface area contributed by atoms with Gasteiger partial charge >= 0.3 is 5.97 Å². The molecule has 138 valence electrons. The maximum absolute atomic E-state index is 13.4. The molecule has 1 aromatic rings. The molecular formula is C17H22F2N2O4. The molecule has 0 unspecified atom stereocenters. The number of rotatable bonds is 9. The van der Waals surface area contributed by atoms with Crippen LogP contribution in [0, 0.1) is 17.0 Å². The van der Waals surface area contributed by atoms with E-state index in [1.807, 2.05) is 0 Å². The lowest BCUT2D eigenvalue weighted by Gasteiger charge is -2.18. The Labute approximate surface area is 144 Å². The van der Waals surface area contributed by atoms with E-state index < -0.39 is 28.9 Å². The van der Waals surface area contributed by atoms with Crippen LogP contribution in [0.4, 0.5) is 8.78 Å². The van der Waals surface area contributed by atoms with E-state index in [9.17, 15) is 23.2 Å². The lowest BCUT2D eigenvalue weighted by atomic mass is 9.90. The van der Waals surface area contributed by atoms with Crippen LogP contribution in [-0.4, -0.2) is 36.0 Å². The quantitative estimate of drug-likeness (QED) is 0.591. The zero-order valence-electron chi connectivity index (χ0n) is 14.2. The van der Waals surface area contributed by atoms with Gasteiger partial charge in [-0.25, -0.2) is 8.78 Å². The van der Waals surface area contributed by atoms with Crippen molar-refractivity contribution in [3.8, 4) is 0 Å². The van der Waals surface area contributed by atoms with Gasteiger partial charge in [-0.3, -0.25) is 14.4 Å². The number of carboxylic acid groups (broad SMARTS) is 1. The molecule has 0 aromatic heterocycles. The van der Waals surface area contributed by atoms with Gasteiger partial charge in [0.25, 0.3) is 5.91 Å². The van der Waals surface area contributed by atoms with Gasteiger partial charge in [0.05, 0.1) is 11.0 Å². The Balaban J connectivity index is 2.25. The van der Waals surface area contributed by atoms with E-state index in [1.54, 1.807) is 13.8 Å². The molecule has 0 bridgehead atoms. The van der Waals surface area contributed by atoms with Crippen molar-refractivity contribution in [3.63, 3.8) is 0 Å². The minimum absolute atomic E-state index is 0.139. The highest BCUT2D eigenvalue weighted by molar-refractivity contribution is 5.94. The van der Waals surface area contributed by atoms with Crippen LogP contribution in [0.15, 0.2) is 18.2 Å². The van der Waals surface area contributed by atoms with Gasteiger partial charge in [-0.1, -0.05) is 0 Å². The third-order valence-electron chi connectivity index (χ3n) is 3.69. The molecule has 1 aromatic carbocycles. The fourth-order valence-electron chi connectivity index (χ4n) is 1.93. The van der Waals surface area contributed by atoms with E-state index in [4.69, 9.17) is 5.11 Å². The van der Waals surface area contributed by atoms with Crippen molar-refractivity contribution in [2.24, 2.45) is 5.41 Å². The van der Waals surface area contributed by atoms with Gasteiger partial charge in [0.1, 0.15) is 11.6 Å². The fourth-order valence-corrected chi connectivity index (χ4v) is 1.93. The molecular weight excluding hydrogens is 334 g/mol. The summed E-state index contributed by atoms with van der Waals surface area (Å²) in [5.41, 5.74) is -1.18. The molecule has 2 amide bonds. The Morgan fingerprint density at radius 1 is 1.12 bits per heavy atom. The summed E-state index contributed by atoms with van der Waals surface area (Å²) in [7, 11) is 0. The lowest BCUT2D eigenvalue weighted by Crippen LogP contribution is -2.32. The smallest absolute Gasteiger partial charge is 0.309 e. The standard InChI is InChI=1S/C17H22F2N2O4/c1-17(2,16(24)25)7-9-20-14(22)4-3-8-21-15(23)12-6-5-11(18)10-13(12)19/h5-6,10H,3-4,7-9H2,1-2H3,(H,20,22)(H,21,23)(H,24,25). The summed E-state index contributed by atoms with van der Waals surface area (Å²) < 4.78 is 26.2. The summed E-state index contributed by atoms with van der Waals surface area (Å²) in [4.78, 5) is 34.3. The van der Waals surface area contributed by atoms with Crippen molar-refractivity contribution in [2.75, 3.05) is 13.1 Å². The van der Waals surface area contributed by atoms with E-state index in [0.29, 0.717) is 18.9 Å². The predicted molar refractivity (Wildman–Crippen MR) is 87.0 cm³/mol. The second-order valence-corrected chi connectivity index (χ2v) is 6.27. The van der Waals surface area contributed by atoms with Gasteiger partial charge < -0.3 is 15.7 Å². The molecule has 0 aliphatic heterocycles. The minimum Gasteiger partial charge on any atom is -0.481 e. The largest absolute Gasteiger partial charge is 0.481 e. The van der Waals surface area contributed by atoms with Crippen LogP contribution in [0.1, 0.15) is 43.5 Å². The van der Waals surface area contributed by atoms with Crippen LogP contribution in [0.5, 0.6) is 0 Å². The number of halogens is 2. The van der Waals surface area contributed by atoms with Crippen molar-refractivity contribution < 1.29 is 28.3 Å². The topological polar surface area (TPSA) is 95.5 Å². The van der Waals surface area contributed by atoms with Crippen molar-refractivity contribution >= 4 is 17.8 Å². The second kappa shape index (κ2) is 9.10. The van der Waals surface area contributed by atoms with Crippen molar-refractivity contribution in [1.82, 2.24) is 10.6 Å². The first-order valence-electron chi connectivity index (χ1n) is 7.87. The molecule has 0 atom stereocenters. The van der Waals surface area contributed by atoms with Gasteiger partial charge in [-0.2, -0.15) is 0 Å². The number of aliphatic carboxylic acids is 1. The molecule has 8 heteroatoms. The Hall–Kier alpha value is -2.51. The molecule has 0 spiro atoms. The molecule has 0 aliphatic carbocycles. The highest BCUT2D eigenvalue weighted by Gasteiger charge is 2.26. The molecule has 1 rings (SSSR count). The number of benzene rings is 1. The number of nitrogens with one attached hydrogen (secondary N) is 2. The molecule has 0 radical (unpaired) electrons. The molecule has 0 saturated heterocycles. The maximum atomic E-state index is 13.4. The number of amides is 2. The lowest BCUT2D eigenvalue weighted by molar-refractivity contribution is -0.147. The van der Waals surface area contributed by atoms with Crippen LogP contribution in [-0.2, 0) is 9.59 Å². The SMILES string of the molecule is CC(C)(CCNC(=O)CCCNC(=O)c1ccc(F)cc1F)C(=O)O. The monoisotopic (exact) mass is 356 g/mol. The summed E-state index contributed by atoms with van der Waals surface area (Å²) in [6.07, 6.45) is 0.775. The molecule has 0 heterocycles. The van der Waals surface area contributed by atoms with E-state index in [1.165, 1.54) is 0 Å². The summed E-state index contributed by atoms with van der Waals surface area (Å²) in [6.45, 7) is 3.55. The average Bonchev–Trinajstić information content (AvgIpc) is 2.51. The van der Waals surface area contributed by atoms with Crippen LogP contribution in [0.3, 0.4) is 0 Å². The first-order valence-corrected chi connectivity index (χ1v) is 7.87. The zero-order valence-corrected chi connectivity index (χ0v) is 14.2. The molecule has 6 nitrogen and oxygen atoms in total. The van der Waals surface area contributed by atoms with E-state index >= 15 is 0 Å². The second-order valence-electron chi connectivity index (χ2n) is 6.27. The fraction of sp³-hybridized carbons (Fsp3) is 0.471. The predicted octanol–water partition coefficient (Wildman–Crippen LogP) is 2.09. The third kappa shape index (κ3) is 6.86. The summed E-state index contributed by atoms with van der Waals surface area (Å²) in [6, 6.07) is 2.67. The van der Waals surface area contributed by atoms with Gasteiger partial charge in [0, 0.05) is 25.6 Å². The van der Waals surface area contributed by atoms with Crippen molar-refractivity contribution in [2.45, 2.75) is 33.1 Å². The summed E-state index contributed by atoms with van der Waals surface area (Å²) >= 11 is 0. The number of carbonyl (C=O) groups is 3. The minimum atomic E-state index is -0.948. The normalized spacial score (nSPS) is 11.0. The first-order chi connectivity index (χ1) is 11.6. The van der Waals surface area contributed by atoms with Crippen molar-refractivity contribution in [1.29, 1.82) is 0 Å². The third-order valence-corrected chi connectivity index (χ3v) is 3.69. The zero-order chi connectivity index (χ0) is 19.0. The van der Waals surface area contributed by atoms with E-state index in [-0.39, 0.29) is 31.0 Å². The first kappa shape index (κ1) is 20.5. The Bertz CT molecular complexity index is 648. The van der Waals surface area contributed by atoms with Crippen molar-refractivity contribution in [3.05, 3.63) is 35.4 Å². The highest BCUT2D eigenvalue weighted by atomic mass is 19.1. The molecule has 3 N–H and O–H groups in total. The van der Waals surface area contributed by atoms with Gasteiger partial charge in [-0.05, 0) is 38.8 Å². The molecule has 25 heavy (non-hydrogen) atoms. The number of carbonyl (C=O) groups excluding carboxylic acids is 2. The van der Waals surface area contributed by atoms with E-state index in [0.717, 1.165) is 12.1 Å². The summed E-state index contributed by atoms with van der Waals surface area (Å²) in [5, 5.41) is 14.0. The summed E-state index contributed by atoms with van der Waals surface area (Å²) in [5.74, 6) is -3.59.